The summed E-state index contributed by atoms with van der Waals surface area (Å²) in [7, 11) is 0. The zero-order valence-electron chi connectivity index (χ0n) is 12.8. The molecule has 3 aromatic rings. The van der Waals surface area contributed by atoms with Gasteiger partial charge in [-0.3, -0.25) is 9.36 Å². The standard InChI is InChI=1S/C16H15N5O2/c1-9-5-14(22)19-20-15(9)11-3-4-12-13(6-11)23-16(18-12)21-7-10(2)17-8-21/h3-4,6-9H,5H2,1-2H3,(H,19,22). The van der Waals surface area contributed by atoms with E-state index in [4.69, 9.17) is 4.42 Å². The summed E-state index contributed by atoms with van der Waals surface area (Å²) in [5.74, 6) is 0.0136. The predicted octanol–water partition coefficient (Wildman–Crippen LogP) is 2.18. The molecule has 0 bridgehead atoms. The van der Waals surface area contributed by atoms with Crippen LogP contribution < -0.4 is 5.43 Å². The highest BCUT2D eigenvalue weighted by Gasteiger charge is 2.22. The van der Waals surface area contributed by atoms with Crippen molar-refractivity contribution >= 4 is 22.7 Å². The molecular formula is C16H15N5O2. The fourth-order valence-corrected chi connectivity index (χ4v) is 2.71. The van der Waals surface area contributed by atoms with Gasteiger partial charge in [0.25, 0.3) is 0 Å². The van der Waals surface area contributed by atoms with E-state index in [-0.39, 0.29) is 11.8 Å². The Morgan fingerprint density at radius 2 is 2.26 bits per heavy atom. The number of amides is 1. The summed E-state index contributed by atoms with van der Waals surface area (Å²) in [6, 6.07) is 6.22. The summed E-state index contributed by atoms with van der Waals surface area (Å²) in [6.07, 6.45) is 3.96. The highest BCUT2D eigenvalue weighted by Crippen LogP contribution is 2.23. The van der Waals surface area contributed by atoms with Crippen molar-refractivity contribution in [3.8, 4) is 6.01 Å². The molecule has 7 heteroatoms. The van der Waals surface area contributed by atoms with E-state index in [1.807, 2.05) is 38.2 Å². The van der Waals surface area contributed by atoms with E-state index >= 15 is 0 Å². The predicted molar refractivity (Wildman–Crippen MR) is 84.3 cm³/mol. The lowest BCUT2D eigenvalue weighted by molar-refractivity contribution is -0.121. The smallest absolute Gasteiger partial charge is 0.308 e. The second-order valence-electron chi connectivity index (χ2n) is 5.74. The number of aromatic nitrogens is 3. The Labute approximate surface area is 132 Å². The van der Waals surface area contributed by atoms with Crippen LogP contribution in [0.5, 0.6) is 0 Å². The number of aryl methyl sites for hydroxylation is 1. The van der Waals surface area contributed by atoms with E-state index in [0.717, 1.165) is 22.5 Å². The number of rotatable bonds is 2. The zero-order valence-corrected chi connectivity index (χ0v) is 12.8. The fourth-order valence-electron chi connectivity index (χ4n) is 2.71. The van der Waals surface area contributed by atoms with Crippen molar-refractivity contribution in [2.45, 2.75) is 20.3 Å². The quantitative estimate of drug-likeness (QED) is 0.786. The second-order valence-corrected chi connectivity index (χ2v) is 5.74. The molecule has 1 unspecified atom stereocenters. The molecule has 7 nitrogen and oxygen atoms in total. The molecule has 1 aromatic carbocycles. The van der Waals surface area contributed by atoms with Crippen LogP contribution in [0.3, 0.4) is 0 Å². The minimum Gasteiger partial charge on any atom is -0.423 e. The number of imidazole rings is 1. The zero-order chi connectivity index (χ0) is 16.0. The molecule has 1 atom stereocenters. The summed E-state index contributed by atoms with van der Waals surface area (Å²) in [5.41, 5.74) is 6.65. The lowest BCUT2D eigenvalue weighted by Gasteiger charge is -2.18. The molecule has 0 spiro atoms. The molecule has 23 heavy (non-hydrogen) atoms. The van der Waals surface area contributed by atoms with Gasteiger partial charge in [0.1, 0.15) is 11.8 Å². The molecule has 1 amide bonds. The van der Waals surface area contributed by atoms with Gasteiger partial charge in [0.05, 0.1) is 11.4 Å². The minimum absolute atomic E-state index is 0.0558. The van der Waals surface area contributed by atoms with Crippen molar-refractivity contribution in [3.05, 3.63) is 42.0 Å². The highest BCUT2D eigenvalue weighted by atomic mass is 16.4. The van der Waals surface area contributed by atoms with Crippen LogP contribution in [0.4, 0.5) is 0 Å². The summed E-state index contributed by atoms with van der Waals surface area (Å²) in [5, 5.41) is 4.18. The van der Waals surface area contributed by atoms with Gasteiger partial charge in [0, 0.05) is 24.1 Å². The molecule has 1 aliphatic rings. The van der Waals surface area contributed by atoms with E-state index in [9.17, 15) is 4.79 Å². The Bertz CT molecular complexity index is 937. The molecule has 1 N–H and O–H groups in total. The molecule has 3 heterocycles. The number of oxazole rings is 1. The lowest BCUT2D eigenvalue weighted by Crippen LogP contribution is -2.31. The number of carbonyl (C=O) groups excluding carboxylic acids is 1. The molecule has 0 saturated carbocycles. The summed E-state index contributed by atoms with van der Waals surface area (Å²) >= 11 is 0. The van der Waals surface area contributed by atoms with Crippen LogP contribution in [0.25, 0.3) is 17.1 Å². The molecule has 1 aliphatic heterocycles. The van der Waals surface area contributed by atoms with Crippen molar-refractivity contribution < 1.29 is 9.21 Å². The maximum absolute atomic E-state index is 11.4. The largest absolute Gasteiger partial charge is 0.423 e. The number of fused-ring (bicyclic) bond motifs is 1. The molecule has 116 valence electrons. The van der Waals surface area contributed by atoms with Crippen LogP contribution in [-0.4, -0.2) is 26.2 Å². The first kappa shape index (κ1) is 13.7. The van der Waals surface area contributed by atoms with Gasteiger partial charge in [0.2, 0.25) is 5.91 Å². The molecule has 0 fully saturated rings. The first-order valence-corrected chi connectivity index (χ1v) is 7.38. The minimum atomic E-state index is -0.0558. The molecule has 0 radical (unpaired) electrons. The number of hydrogen-bond acceptors (Lipinski definition) is 5. The van der Waals surface area contributed by atoms with E-state index in [1.165, 1.54) is 0 Å². The first-order valence-electron chi connectivity index (χ1n) is 7.38. The first-order chi connectivity index (χ1) is 11.1. The summed E-state index contributed by atoms with van der Waals surface area (Å²) in [4.78, 5) is 20.0. The number of nitrogens with one attached hydrogen (secondary N) is 1. The number of nitrogens with zero attached hydrogens (tertiary/aromatic N) is 4. The van der Waals surface area contributed by atoms with Crippen molar-refractivity contribution in [2.75, 3.05) is 0 Å². The van der Waals surface area contributed by atoms with Crippen molar-refractivity contribution in [3.63, 3.8) is 0 Å². The van der Waals surface area contributed by atoms with Crippen molar-refractivity contribution in [2.24, 2.45) is 11.0 Å². The van der Waals surface area contributed by atoms with E-state index in [1.54, 1.807) is 10.9 Å². The van der Waals surface area contributed by atoms with E-state index in [0.29, 0.717) is 18.0 Å². The number of carbonyl (C=O) groups is 1. The summed E-state index contributed by atoms with van der Waals surface area (Å²) in [6.45, 7) is 3.90. The van der Waals surface area contributed by atoms with Crippen LogP contribution >= 0.6 is 0 Å². The van der Waals surface area contributed by atoms with Gasteiger partial charge in [-0.25, -0.2) is 10.4 Å². The van der Waals surface area contributed by atoms with Gasteiger partial charge in [-0.2, -0.15) is 10.1 Å². The highest BCUT2D eigenvalue weighted by molar-refractivity contribution is 6.07. The Morgan fingerprint density at radius 3 is 3.00 bits per heavy atom. The summed E-state index contributed by atoms with van der Waals surface area (Å²) < 4.78 is 7.57. The number of benzene rings is 1. The third kappa shape index (κ3) is 2.40. The second kappa shape index (κ2) is 5.05. The van der Waals surface area contributed by atoms with Crippen LogP contribution in [0.2, 0.25) is 0 Å². The number of hydrazone groups is 1. The van der Waals surface area contributed by atoms with E-state index in [2.05, 4.69) is 20.5 Å². The molecule has 4 rings (SSSR count). The number of hydrogen-bond donors (Lipinski definition) is 1. The third-order valence-corrected chi connectivity index (χ3v) is 3.86. The maximum Gasteiger partial charge on any atom is 0.308 e. The topological polar surface area (TPSA) is 85.3 Å². The van der Waals surface area contributed by atoms with Gasteiger partial charge in [-0.15, -0.1) is 0 Å². The van der Waals surface area contributed by atoms with E-state index < -0.39 is 0 Å². The van der Waals surface area contributed by atoms with Gasteiger partial charge in [-0.05, 0) is 19.1 Å². The lowest BCUT2D eigenvalue weighted by atomic mass is 9.94. The Hall–Kier alpha value is -2.96. The van der Waals surface area contributed by atoms with Crippen LogP contribution in [0.1, 0.15) is 24.6 Å². The Kier molecular flexibility index (Phi) is 3.00. The monoisotopic (exact) mass is 309 g/mol. The van der Waals surface area contributed by atoms with Crippen molar-refractivity contribution in [1.82, 2.24) is 20.0 Å². The van der Waals surface area contributed by atoms with Gasteiger partial charge in [0.15, 0.2) is 5.58 Å². The van der Waals surface area contributed by atoms with Crippen LogP contribution in [0.15, 0.2) is 40.2 Å². The molecule has 2 aromatic heterocycles. The van der Waals surface area contributed by atoms with Gasteiger partial charge in [-0.1, -0.05) is 13.0 Å². The van der Waals surface area contributed by atoms with Crippen LogP contribution in [-0.2, 0) is 4.79 Å². The fraction of sp³-hybridized carbons (Fsp3) is 0.250. The van der Waals surface area contributed by atoms with Crippen LogP contribution in [0, 0.1) is 12.8 Å². The average molecular weight is 309 g/mol. The van der Waals surface area contributed by atoms with Gasteiger partial charge >= 0.3 is 6.01 Å². The normalized spacial score (nSPS) is 18.1. The molecule has 0 saturated heterocycles. The Balaban J connectivity index is 1.75. The molecule has 0 aliphatic carbocycles. The SMILES string of the molecule is Cc1cn(-c2nc3ccc(C4=NNC(=O)CC4C)cc3o2)cn1. The molecular weight excluding hydrogens is 294 g/mol. The van der Waals surface area contributed by atoms with Gasteiger partial charge < -0.3 is 4.42 Å². The Morgan fingerprint density at radius 1 is 1.39 bits per heavy atom. The third-order valence-electron chi connectivity index (χ3n) is 3.86. The maximum atomic E-state index is 11.4. The average Bonchev–Trinajstić information content (AvgIpc) is 3.12. The van der Waals surface area contributed by atoms with Crippen molar-refractivity contribution in [1.29, 1.82) is 0 Å².